The summed E-state index contributed by atoms with van der Waals surface area (Å²) in [6, 6.07) is 13.1. The van der Waals surface area contributed by atoms with Crippen LogP contribution >= 0.6 is 0 Å². The number of aryl methyl sites for hydroxylation is 1. The lowest BCUT2D eigenvalue weighted by molar-refractivity contribution is -0.119. The van der Waals surface area contributed by atoms with E-state index in [-0.39, 0.29) is 24.3 Å². The zero-order valence-electron chi connectivity index (χ0n) is 13.8. The number of hydrogen-bond acceptors (Lipinski definition) is 3. The third kappa shape index (κ3) is 3.74. The fourth-order valence-corrected chi connectivity index (χ4v) is 3.05. The van der Waals surface area contributed by atoms with Gasteiger partial charge in [0.25, 0.3) is 0 Å². The summed E-state index contributed by atoms with van der Waals surface area (Å²) in [5, 5.41) is 2.85. The topological polar surface area (TPSA) is 58.4 Å². The first-order valence-electron chi connectivity index (χ1n) is 8.13. The van der Waals surface area contributed by atoms with Gasteiger partial charge >= 0.3 is 0 Å². The number of nitrogens with two attached hydrogens (primary N) is 1. The number of hydrogen-bond donors (Lipinski definition) is 2. The molecule has 5 heteroatoms. The van der Waals surface area contributed by atoms with Crippen LogP contribution in [-0.2, 0) is 17.8 Å². The molecule has 1 amide bonds. The second-order valence-corrected chi connectivity index (χ2v) is 6.33. The van der Waals surface area contributed by atoms with Crippen LogP contribution in [0.25, 0.3) is 0 Å². The summed E-state index contributed by atoms with van der Waals surface area (Å²) in [5.74, 6) is -0.349. The van der Waals surface area contributed by atoms with Crippen molar-refractivity contribution in [3.05, 3.63) is 65.0 Å². The Morgan fingerprint density at radius 1 is 1.33 bits per heavy atom. The highest BCUT2D eigenvalue weighted by atomic mass is 19.1. The predicted molar refractivity (Wildman–Crippen MR) is 93.3 cm³/mol. The summed E-state index contributed by atoms with van der Waals surface area (Å²) in [6.45, 7) is 2.94. The number of halogens is 1. The number of fused-ring (bicyclic) bond motifs is 1. The van der Waals surface area contributed by atoms with Gasteiger partial charge in [0.05, 0.1) is 6.54 Å². The minimum atomic E-state index is -0.252. The molecule has 1 aliphatic rings. The maximum atomic E-state index is 13.5. The predicted octanol–water partition coefficient (Wildman–Crippen LogP) is 2.14. The van der Waals surface area contributed by atoms with Crippen LogP contribution < -0.4 is 16.0 Å². The first-order chi connectivity index (χ1) is 11.5. The summed E-state index contributed by atoms with van der Waals surface area (Å²) < 4.78 is 13.5. The highest BCUT2D eigenvalue weighted by Crippen LogP contribution is 2.25. The molecule has 126 valence electrons. The molecule has 24 heavy (non-hydrogen) atoms. The standard InChI is InChI=1S/C19H22FN3O/c1-13-6-7-14(8-17(13)20)10-22-19(24)12-23-11-16(21)9-15-4-2-3-5-18(15)23/h2-8,16H,9-12,21H2,1H3,(H,22,24). The second-order valence-electron chi connectivity index (χ2n) is 6.33. The van der Waals surface area contributed by atoms with E-state index in [1.807, 2.05) is 35.2 Å². The second kappa shape index (κ2) is 7.01. The van der Waals surface area contributed by atoms with Crippen molar-refractivity contribution < 1.29 is 9.18 Å². The van der Waals surface area contributed by atoms with Crippen LogP contribution in [0.15, 0.2) is 42.5 Å². The Morgan fingerprint density at radius 2 is 2.12 bits per heavy atom. The highest BCUT2D eigenvalue weighted by Gasteiger charge is 2.23. The minimum Gasteiger partial charge on any atom is -0.360 e. The van der Waals surface area contributed by atoms with Crippen molar-refractivity contribution in [2.45, 2.75) is 25.9 Å². The number of rotatable bonds is 4. The van der Waals surface area contributed by atoms with E-state index < -0.39 is 0 Å². The van der Waals surface area contributed by atoms with E-state index in [1.165, 1.54) is 11.6 Å². The van der Waals surface area contributed by atoms with Crippen LogP contribution in [-0.4, -0.2) is 25.0 Å². The lowest BCUT2D eigenvalue weighted by Crippen LogP contribution is -2.47. The maximum absolute atomic E-state index is 13.5. The molecule has 0 saturated carbocycles. The quantitative estimate of drug-likeness (QED) is 0.904. The van der Waals surface area contributed by atoms with Crippen LogP contribution in [0.2, 0.25) is 0 Å². The van der Waals surface area contributed by atoms with Gasteiger partial charge in [-0.3, -0.25) is 4.79 Å². The Balaban J connectivity index is 1.62. The highest BCUT2D eigenvalue weighted by molar-refractivity contribution is 5.82. The molecule has 1 unspecified atom stereocenters. The Morgan fingerprint density at radius 3 is 2.92 bits per heavy atom. The van der Waals surface area contributed by atoms with Crippen LogP contribution in [0.4, 0.5) is 10.1 Å². The Bertz CT molecular complexity index is 747. The molecule has 2 aromatic rings. The van der Waals surface area contributed by atoms with Crippen molar-refractivity contribution in [2.24, 2.45) is 5.73 Å². The molecule has 0 bridgehead atoms. The summed E-state index contributed by atoms with van der Waals surface area (Å²) in [4.78, 5) is 14.3. The van der Waals surface area contributed by atoms with Gasteiger partial charge in [0.2, 0.25) is 5.91 Å². The lowest BCUT2D eigenvalue weighted by atomic mass is 9.98. The van der Waals surface area contributed by atoms with Crippen LogP contribution in [0.5, 0.6) is 0 Å². The maximum Gasteiger partial charge on any atom is 0.239 e. The van der Waals surface area contributed by atoms with E-state index >= 15 is 0 Å². The SMILES string of the molecule is Cc1ccc(CNC(=O)CN2CC(N)Cc3ccccc32)cc1F. The molecule has 3 rings (SSSR count). The van der Waals surface area contributed by atoms with E-state index in [4.69, 9.17) is 5.73 Å². The van der Waals surface area contributed by atoms with Gasteiger partial charge in [-0.25, -0.2) is 4.39 Å². The number of amides is 1. The van der Waals surface area contributed by atoms with Gasteiger partial charge in [0, 0.05) is 24.8 Å². The fraction of sp³-hybridized carbons (Fsp3) is 0.316. The van der Waals surface area contributed by atoms with E-state index in [0.29, 0.717) is 18.7 Å². The summed E-state index contributed by atoms with van der Waals surface area (Å²) in [6.07, 6.45) is 0.830. The number of carbonyl (C=O) groups is 1. The van der Waals surface area contributed by atoms with Gasteiger partial charge in [0.15, 0.2) is 0 Å². The van der Waals surface area contributed by atoms with Crippen LogP contribution in [0, 0.1) is 12.7 Å². The number of para-hydroxylation sites is 1. The Kier molecular flexibility index (Phi) is 4.81. The third-order valence-electron chi connectivity index (χ3n) is 4.33. The normalized spacial score (nSPS) is 16.6. The summed E-state index contributed by atoms with van der Waals surface area (Å²) >= 11 is 0. The smallest absolute Gasteiger partial charge is 0.239 e. The van der Waals surface area contributed by atoms with E-state index in [1.54, 1.807) is 13.0 Å². The van der Waals surface area contributed by atoms with Crippen molar-refractivity contribution in [1.82, 2.24) is 5.32 Å². The molecular formula is C19H22FN3O. The van der Waals surface area contributed by atoms with Gasteiger partial charge in [-0.1, -0.05) is 30.3 Å². The molecule has 0 fully saturated rings. The van der Waals surface area contributed by atoms with Gasteiger partial charge in [0.1, 0.15) is 5.82 Å². The first-order valence-corrected chi connectivity index (χ1v) is 8.13. The molecule has 4 nitrogen and oxygen atoms in total. The number of benzene rings is 2. The van der Waals surface area contributed by atoms with Crippen molar-refractivity contribution in [2.75, 3.05) is 18.0 Å². The molecule has 0 spiro atoms. The van der Waals surface area contributed by atoms with Gasteiger partial charge < -0.3 is 16.0 Å². The average molecular weight is 327 g/mol. The molecule has 0 aromatic heterocycles. The Hall–Kier alpha value is -2.40. The van der Waals surface area contributed by atoms with E-state index in [2.05, 4.69) is 5.32 Å². The summed E-state index contributed by atoms with van der Waals surface area (Å²) in [7, 11) is 0. The average Bonchev–Trinajstić information content (AvgIpc) is 2.56. The van der Waals surface area contributed by atoms with Gasteiger partial charge in [-0.05, 0) is 42.2 Å². The zero-order valence-corrected chi connectivity index (χ0v) is 13.8. The number of anilines is 1. The summed E-state index contributed by atoms with van der Waals surface area (Å²) in [5.41, 5.74) is 9.69. The zero-order chi connectivity index (χ0) is 17.1. The van der Waals surface area contributed by atoms with E-state index in [9.17, 15) is 9.18 Å². The van der Waals surface area contributed by atoms with Crippen molar-refractivity contribution >= 4 is 11.6 Å². The molecule has 0 aliphatic carbocycles. The molecular weight excluding hydrogens is 305 g/mol. The third-order valence-corrected chi connectivity index (χ3v) is 4.33. The number of nitrogens with zero attached hydrogens (tertiary/aromatic N) is 1. The number of carbonyl (C=O) groups excluding carboxylic acids is 1. The lowest BCUT2D eigenvalue weighted by Gasteiger charge is -2.34. The van der Waals surface area contributed by atoms with Crippen LogP contribution in [0.3, 0.4) is 0 Å². The molecule has 2 aromatic carbocycles. The molecule has 1 atom stereocenters. The molecule has 0 radical (unpaired) electrons. The van der Waals surface area contributed by atoms with Crippen molar-refractivity contribution in [3.63, 3.8) is 0 Å². The molecule has 0 saturated heterocycles. The fourth-order valence-electron chi connectivity index (χ4n) is 3.05. The van der Waals surface area contributed by atoms with Crippen molar-refractivity contribution in [3.8, 4) is 0 Å². The molecule has 1 heterocycles. The minimum absolute atomic E-state index is 0.0268. The van der Waals surface area contributed by atoms with Gasteiger partial charge in [-0.15, -0.1) is 0 Å². The largest absolute Gasteiger partial charge is 0.360 e. The van der Waals surface area contributed by atoms with Gasteiger partial charge in [-0.2, -0.15) is 0 Å². The first kappa shape index (κ1) is 16.5. The van der Waals surface area contributed by atoms with Crippen LogP contribution in [0.1, 0.15) is 16.7 Å². The van der Waals surface area contributed by atoms with E-state index in [0.717, 1.165) is 17.7 Å². The molecule has 3 N–H and O–H groups in total. The molecule has 1 aliphatic heterocycles. The Labute approximate surface area is 141 Å². The number of nitrogens with one attached hydrogen (secondary N) is 1. The van der Waals surface area contributed by atoms with Crippen molar-refractivity contribution in [1.29, 1.82) is 0 Å². The monoisotopic (exact) mass is 327 g/mol.